The summed E-state index contributed by atoms with van der Waals surface area (Å²) in [4.78, 5) is 0. The Balaban J connectivity index is 3.40. The first kappa shape index (κ1) is 13.8. The van der Waals surface area contributed by atoms with Crippen molar-refractivity contribution < 1.29 is 19.4 Å². The van der Waals surface area contributed by atoms with Gasteiger partial charge in [-0.25, -0.2) is 0 Å². The maximum Gasteiger partial charge on any atom is 0.126 e. The van der Waals surface area contributed by atoms with Crippen molar-refractivity contribution in [2.45, 2.75) is 25.6 Å². The van der Waals surface area contributed by atoms with Gasteiger partial charge in [-0.15, -0.1) is 0 Å². The molecule has 0 amide bonds. The zero-order chi connectivity index (χ0) is 11.2. The van der Waals surface area contributed by atoms with Crippen LogP contribution in [-0.2, 0) is 4.74 Å². The number of rotatable bonds is 7. The van der Waals surface area contributed by atoms with E-state index in [-0.39, 0.29) is 6.10 Å². The molecule has 4 nitrogen and oxygen atoms in total. The number of nitrogens with zero attached hydrogens (tertiary/aromatic N) is 1. The van der Waals surface area contributed by atoms with Crippen LogP contribution in [0.2, 0.25) is 0 Å². The lowest BCUT2D eigenvalue weighted by Gasteiger charge is -2.26. The molecule has 2 atom stereocenters. The van der Waals surface area contributed by atoms with E-state index in [0.29, 0.717) is 26.2 Å². The summed E-state index contributed by atoms with van der Waals surface area (Å²) in [5, 5.41) is 18.5. The second-order valence-electron chi connectivity index (χ2n) is 4.84. The largest absolute Gasteiger partial charge is 0.393 e. The number of likely N-dealkylation sites (N-methyl/N-ethyl adjacent to an activating group) is 1. The number of hydrogen-bond acceptors (Lipinski definition) is 3. The molecule has 0 aliphatic carbocycles. The van der Waals surface area contributed by atoms with Gasteiger partial charge in [0.25, 0.3) is 0 Å². The van der Waals surface area contributed by atoms with Gasteiger partial charge in [-0.3, -0.25) is 0 Å². The average Bonchev–Trinajstić information content (AvgIpc) is 1.94. The summed E-state index contributed by atoms with van der Waals surface area (Å²) in [6, 6.07) is 0. The topological polar surface area (TPSA) is 49.7 Å². The molecule has 0 aromatic carbocycles. The van der Waals surface area contributed by atoms with Gasteiger partial charge in [-0.2, -0.15) is 0 Å². The maximum atomic E-state index is 9.55. The highest BCUT2D eigenvalue weighted by molar-refractivity contribution is 4.52. The Morgan fingerprint density at radius 1 is 1.21 bits per heavy atom. The molecule has 0 radical (unpaired) electrons. The molecule has 2 unspecified atom stereocenters. The summed E-state index contributed by atoms with van der Waals surface area (Å²) < 4.78 is 5.96. The minimum atomic E-state index is -0.427. The second-order valence-corrected chi connectivity index (χ2v) is 4.84. The predicted octanol–water partition coefficient (Wildman–Crippen LogP) is -0.159. The first-order chi connectivity index (χ1) is 6.31. The van der Waals surface area contributed by atoms with Crippen LogP contribution in [0.5, 0.6) is 0 Å². The molecule has 86 valence electrons. The van der Waals surface area contributed by atoms with Crippen LogP contribution in [0.1, 0.15) is 13.3 Å². The van der Waals surface area contributed by atoms with E-state index in [1.807, 2.05) is 21.1 Å². The monoisotopic (exact) mass is 206 g/mol. The minimum absolute atomic E-state index is 0.328. The smallest absolute Gasteiger partial charge is 0.126 e. The molecular formula is C10H24NO3+. The maximum absolute atomic E-state index is 9.55. The van der Waals surface area contributed by atoms with E-state index in [2.05, 4.69) is 0 Å². The number of hydrogen-bond donors (Lipinski definition) is 2. The van der Waals surface area contributed by atoms with Crippen molar-refractivity contribution in [1.82, 2.24) is 0 Å². The zero-order valence-corrected chi connectivity index (χ0v) is 9.73. The molecule has 2 N–H and O–H groups in total. The van der Waals surface area contributed by atoms with Gasteiger partial charge in [0.15, 0.2) is 0 Å². The van der Waals surface area contributed by atoms with Gasteiger partial charge >= 0.3 is 0 Å². The van der Waals surface area contributed by atoms with Crippen molar-refractivity contribution in [3.8, 4) is 0 Å². The molecule has 0 bridgehead atoms. The molecule has 0 rings (SSSR count). The molecular weight excluding hydrogens is 182 g/mol. The van der Waals surface area contributed by atoms with Gasteiger partial charge in [0.05, 0.1) is 33.9 Å². The SMILES string of the molecule is CC(O)CCOCC(O)C[N+](C)(C)C. The Hall–Kier alpha value is -0.160. The minimum Gasteiger partial charge on any atom is -0.393 e. The number of aliphatic hydroxyl groups is 2. The van der Waals surface area contributed by atoms with Gasteiger partial charge in [0.1, 0.15) is 12.6 Å². The fourth-order valence-electron chi connectivity index (χ4n) is 1.16. The third-order valence-electron chi connectivity index (χ3n) is 1.75. The highest BCUT2D eigenvalue weighted by Gasteiger charge is 2.15. The molecule has 0 heterocycles. The third-order valence-corrected chi connectivity index (χ3v) is 1.75. The molecule has 4 heteroatoms. The summed E-state index contributed by atoms with van der Waals surface area (Å²) in [6.45, 7) is 3.26. The Morgan fingerprint density at radius 2 is 1.79 bits per heavy atom. The standard InChI is InChI=1S/C10H24NO3/c1-9(12)5-6-14-8-10(13)7-11(2,3)4/h9-10,12-13H,5-8H2,1-4H3/q+1. The van der Waals surface area contributed by atoms with Gasteiger partial charge < -0.3 is 19.4 Å². The summed E-state index contributed by atoms with van der Waals surface area (Å²) in [7, 11) is 6.08. The van der Waals surface area contributed by atoms with Crippen LogP contribution in [0.3, 0.4) is 0 Å². The fourth-order valence-corrected chi connectivity index (χ4v) is 1.16. The summed E-state index contributed by atoms with van der Waals surface area (Å²) >= 11 is 0. The van der Waals surface area contributed by atoms with Crippen LogP contribution in [0.25, 0.3) is 0 Å². The van der Waals surface area contributed by atoms with Crippen LogP contribution >= 0.6 is 0 Å². The molecule has 0 aromatic heterocycles. The Morgan fingerprint density at radius 3 is 2.21 bits per heavy atom. The average molecular weight is 206 g/mol. The van der Waals surface area contributed by atoms with Crippen molar-refractivity contribution in [3.05, 3.63) is 0 Å². The zero-order valence-electron chi connectivity index (χ0n) is 9.73. The van der Waals surface area contributed by atoms with Gasteiger partial charge in [0.2, 0.25) is 0 Å². The Labute approximate surface area is 86.7 Å². The lowest BCUT2D eigenvalue weighted by molar-refractivity contribution is -0.873. The van der Waals surface area contributed by atoms with Crippen molar-refractivity contribution in [3.63, 3.8) is 0 Å². The third kappa shape index (κ3) is 9.92. The van der Waals surface area contributed by atoms with E-state index in [0.717, 1.165) is 4.48 Å². The molecule has 14 heavy (non-hydrogen) atoms. The van der Waals surface area contributed by atoms with E-state index in [4.69, 9.17) is 9.84 Å². The molecule has 0 saturated carbocycles. The highest BCUT2D eigenvalue weighted by atomic mass is 16.5. The molecule has 0 spiro atoms. The van der Waals surface area contributed by atoms with E-state index >= 15 is 0 Å². The lowest BCUT2D eigenvalue weighted by Crippen LogP contribution is -2.43. The molecule has 0 fully saturated rings. The lowest BCUT2D eigenvalue weighted by atomic mass is 10.3. The van der Waals surface area contributed by atoms with Gasteiger partial charge in [0, 0.05) is 6.61 Å². The van der Waals surface area contributed by atoms with E-state index < -0.39 is 6.10 Å². The van der Waals surface area contributed by atoms with Gasteiger partial charge in [-0.1, -0.05) is 0 Å². The van der Waals surface area contributed by atoms with Crippen LogP contribution in [0.4, 0.5) is 0 Å². The highest BCUT2D eigenvalue weighted by Crippen LogP contribution is 1.97. The summed E-state index contributed by atoms with van der Waals surface area (Å²) in [5.41, 5.74) is 0. The van der Waals surface area contributed by atoms with Crippen molar-refractivity contribution >= 4 is 0 Å². The quantitative estimate of drug-likeness (QED) is 0.449. The Kier molecular flexibility index (Phi) is 6.27. The second kappa shape index (κ2) is 6.35. The van der Waals surface area contributed by atoms with Crippen molar-refractivity contribution in [2.75, 3.05) is 40.9 Å². The molecule has 0 aliphatic rings. The number of ether oxygens (including phenoxy) is 1. The Bertz CT molecular complexity index is 143. The fraction of sp³-hybridized carbons (Fsp3) is 1.00. The van der Waals surface area contributed by atoms with Crippen molar-refractivity contribution in [2.24, 2.45) is 0 Å². The normalized spacial score (nSPS) is 16.7. The van der Waals surface area contributed by atoms with Crippen LogP contribution in [-0.4, -0.2) is 67.8 Å². The number of quaternary nitrogens is 1. The molecule has 0 aromatic rings. The van der Waals surface area contributed by atoms with Crippen LogP contribution < -0.4 is 0 Å². The predicted molar refractivity (Wildman–Crippen MR) is 56.0 cm³/mol. The first-order valence-corrected chi connectivity index (χ1v) is 5.05. The number of aliphatic hydroxyl groups excluding tert-OH is 2. The van der Waals surface area contributed by atoms with E-state index in [1.54, 1.807) is 6.92 Å². The van der Waals surface area contributed by atoms with Gasteiger partial charge in [-0.05, 0) is 13.3 Å². The van der Waals surface area contributed by atoms with Crippen LogP contribution in [0, 0.1) is 0 Å². The molecule has 0 saturated heterocycles. The van der Waals surface area contributed by atoms with Crippen LogP contribution in [0.15, 0.2) is 0 Å². The summed E-state index contributed by atoms with van der Waals surface area (Å²) in [5.74, 6) is 0. The van der Waals surface area contributed by atoms with Crippen molar-refractivity contribution in [1.29, 1.82) is 0 Å². The first-order valence-electron chi connectivity index (χ1n) is 5.05. The summed E-state index contributed by atoms with van der Waals surface area (Å²) in [6.07, 6.45) is -0.133. The van der Waals surface area contributed by atoms with E-state index in [1.165, 1.54) is 0 Å². The molecule has 0 aliphatic heterocycles. The van der Waals surface area contributed by atoms with E-state index in [9.17, 15) is 5.11 Å².